The van der Waals surface area contributed by atoms with Crippen molar-refractivity contribution in [3.8, 4) is 5.75 Å². The van der Waals surface area contributed by atoms with Gasteiger partial charge in [0.2, 0.25) is 5.91 Å². The van der Waals surface area contributed by atoms with Crippen LogP contribution in [0.1, 0.15) is 16.7 Å². The molecule has 1 heterocycles. The van der Waals surface area contributed by atoms with Gasteiger partial charge in [0.15, 0.2) is 0 Å². The summed E-state index contributed by atoms with van der Waals surface area (Å²) in [6.45, 7) is 4.45. The third-order valence-corrected chi connectivity index (χ3v) is 5.04. The van der Waals surface area contributed by atoms with Crippen LogP contribution in [-0.4, -0.2) is 31.5 Å². The maximum absolute atomic E-state index is 12.5. The first-order valence-corrected chi connectivity index (χ1v) is 9.51. The van der Waals surface area contributed by atoms with E-state index in [9.17, 15) is 9.59 Å². The van der Waals surface area contributed by atoms with Crippen molar-refractivity contribution in [3.05, 3.63) is 68.5 Å². The molecule has 0 bridgehead atoms. The van der Waals surface area contributed by atoms with Crippen LogP contribution in [0, 0.1) is 13.8 Å². The topological polar surface area (TPSA) is 71.8 Å². The summed E-state index contributed by atoms with van der Waals surface area (Å²) >= 11 is 6.01. The molecule has 0 spiro atoms. The molecule has 2 aromatic carbocycles. The molecule has 0 atom stereocenters. The molecule has 7 heteroatoms. The Morgan fingerprint density at radius 1 is 1.21 bits per heavy atom. The summed E-state index contributed by atoms with van der Waals surface area (Å²) in [5.41, 5.74) is 3.51. The fraction of sp³-hybridized carbons (Fsp3) is 0.273. The van der Waals surface area contributed by atoms with Crippen molar-refractivity contribution in [3.63, 3.8) is 0 Å². The van der Waals surface area contributed by atoms with Gasteiger partial charge in [-0.2, -0.15) is 0 Å². The Hall–Kier alpha value is -2.83. The van der Waals surface area contributed by atoms with Crippen molar-refractivity contribution < 1.29 is 13.9 Å². The third kappa shape index (κ3) is 4.78. The summed E-state index contributed by atoms with van der Waals surface area (Å²) in [5.74, 6) is 0.315. The Kier molecular flexibility index (Phi) is 6.25. The number of nitrogens with zero attached hydrogens (tertiary/aromatic N) is 1. The predicted molar refractivity (Wildman–Crippen MR) is 115 cm³/mol. The Morgan fingerprint density at radius 2 is 1.97 bits per heavy atom. The van der Waals surface area contributed by atoms with Gasteiger partial charge in [0.1, 0.15) is 11.3 Å². The largest absolute Gasteiger partial charge is 0.495 e. The molecule has 0 radical (unpaired) electrons. The summed E-state index contributed by atoms with van der Waals surface area (Å²) in [6, 6.07) is 10.4. The van der Waals surface area contributed by atoms with Gasteiger partial charge in [-0.3, -0.25) is 9.69 Å². The lowest BCUT2D eigenvalue weighted by molar-refractivity contribution is -0.117. The van der Waals surface area contributed by atoms with Gasteiger partial charge in [-0.1, -0.05) is 23.7 Å². The summed E-state index contributed by atoms with van der Waals surface area (Å²) in [5, 5.41) is 4.19. The highest BCUT2D eigenvalue weighted by molar-refractivity contribution is 6.31. The van der Waals surface area contributed by atoms with E-state index in [1.807, 2.05) is 37.9 Å². The number of carbonyl (C=O) groups excluding carboxylic acids is 1. The van der Waals surface area contributed by atoms with Crippen molar-refractivity contribution in [2.24, 2.45) is 0 Å². The quantitative estimate of drug-likeness (QED) is 0.614. The van der Waals surface area contributed by atoms with Crippen LogP contribution in [0.4, 0.5) is 5.69 Å². The molecule has 29 heavy (non-hydrogen) atoms. The minimum atomic E-state index is -0.400. The minimum Gasteiger partial charge on any atom is -0.495 e. The van der Waals surface area contributed by atoms with Crippen molar-refractivity contribution in [2.45, 2.75) is 20.4 Å². The SMILES string of the molecule is COc1ccc(Cl)cc1NC(=O)CN(C)Cc1cc(=O)oc2c(C)c(C)ccc12. The van der Waals surface area contributed by atoms with E-state index in [2.05, 4.69) is 5.32 Å². The Labute approximate surface area is 174 Å². The lowest BCUT2D eigenvalue weighted by Crippen LogP contribution is -2.30. The van der Waals surface area contributed by atoms with E-state index in [1.165, 1.54) is 13.2 Å². The first kappa shape index (κ1) is 20.9. The number of benzene rings is 2. The Morgan fingerprint density at radius 3 is 2.69 bits per heavy atom. The number of fused-ring (bicyclic) bond motifs is 1. The zero-order valence-corrected chi connectivity index (χ0v) is 17.6. The normalized spacial score (nSPS) is 11.1. The van der Waals surface area contributed by atoms with Crippen molar-refractivity contribution >= 4 is 34.2 Å². The van der Waals surface area contributed by atoms with Gasteiger partial charge in [0.05, 0.1) is 19.3 Å². The molecule has 1 amide bonds. The second-order valence-corrected chi connectivity index (χ2v) is 7.48. The minimum absolute atomic E-state index is 0.127. The number of nitrogens with one attached hydrogen (secondary N) is 1. The highest BCUT2D eigenvalue weighted by Crippen LogP contribution is 2.28. The van der Waals surface area contributed by atoms with Crippen LogP contribution in [0.2, 0.25) is 5.02 Å². The monoisotopic (exact) mass is 414 g/mol. The molecule has 6 nitrogen and oxygen atoms in total. The molecule has 0 saturated heterocycles. The zero-order chi connectivity index (χ0) is 21.1. The fourth-order valence-electron chi connectivity index (χ4n) is 3.21. The van der Waals surface area contributed by atoms with Crippen LogP contribution >= 0.6 is 11.6 Å². The lowest BCUT2D eigenvalue weighted by atomic mass is 10.0. The maximum Gasteiger partial charge on any atom is 0.336 e. The summed E-state index contributed by atoms with van der Waals surface area (Å²) in [7, 11) is 3.34. The van der Waals surface area contributed by atoms with E-state index < -0.39 is 5.63 Å². The van der Waals surface area contributed by atoms with E-state index in [0.29, 0.717) is 28.6 Å². The fourth-order valence-corrected chi connectivity index (χ4v) is 3.39. The number of anilines is 1. The van der Waals surface area contributed by atoms with Crippen LogP contribution in [-0.2, 0) is 11.3 Å². The van der Waals surface area contributed by atoms with Crippen molar-refractivity contribution in [2.75, 3.05) is 26.0 Å². The van der Waals surface area contributed by atoms with E-state index in [-0.39, 0.29) is 12.5 Å². The molecule has 3 rings (SSSR count). The summed E-state index contributed by atoms with van der Waals surface area (Å²) in [4.78, 5) is 26.3. The lowest BCUT2D eigenvalue weighted by Gasteiger charge is -2.18. The first-order chi connectivity index (χ1) is 13.8. The van der Waals surface area contributed by atoms with Crippen LogP contribution in [0.3, 0.4) is 0 Å². The summed E-state index contributed by atoms with van der Waals surface area (Å²) in [6.07, 6.45) is 0. The molecule has 0 aliphatic heterocycles. The zero-order valence-electron chi connectivity index (χ0n) is 16.8. The number of likely N-dealkylation sites (N-methyl/N-ethyl adjacent to an activating group) is 1. The number of ether oxygens (including phenoxy) is 1. The van der Waals surface area contributed by atoms with Gasteiger partial charge in [-0.05, 0) is 55.8 Å². The van der Waals surface area contributed by atoms with Crippen LogP contribution in [0.5, 0.6) is 5.75 Å². The first-order valence-electron chi connectivity index (χ1n) is 9.13. The van der Waals surface area contributed by atoms with Crippen molar-refractivity contribution in [1.82, 2.24) is 4.90 Å². The molecule has 152 valence electrons. The molecule has 0 aliphatic carbocycles. The van der Waals surface area contributed by atoms with Gasteiger partial charge < -0.3 is 14.5 Å². The van der Waals surface area contributed by atoms with Crippen molar-refractivity contribution in [1.29, 1.82) is 0 Å². The molecule has 0 fully saturated rings. The van der Waals surface area contributed by atoms with Gasteiger partial charge >= 0.3 is 5.63 Å². The smallest absolute Gasteiger partial charge is 0.336 e. The molecule has 3 aromatic rings. The molecule has 0 aliphatic rings. The van der Waals surface area contributed by atoms with E-state index in [0.717, 1.165) is 22.1 Å². The molecular weight excluding hydrogens is 392 g/mol. The van der Waals surface area contributed by atoms with Crippen LogP contribution < -0.4 is 15.7 Å². The number of hydrogen-bond acceptors (Lipinski definition) is 5. The third-order valence-electron chi connectivity index (χ3n) is 4.81. The number of rotatable bonds is 6. The summed E-state index contributed by atoms with van der Waals surface area (Å²) < 4.78 is 10.7. The standard InChI is InChI=1S/C22H23ClN2O4/c1-13-5-7-17-15(9-21(27)29-22(17)14(13)2)11-25(3)12-20(26)24-18-10-16(23)6-8-19(18)28-4/h5-10H,11-12H2,1-4H3,(H,24,26). The molecule has 1 aromatic heterocycles. The Bertz CT molecular complexity index is 1120. The van der Waals surface area contributed by atoms with Gasteiger partial charge in [-0.25, -0.2) is 4.79 Å². The van der Waals surface area contributed by atoms with E-state index in [4.69, 9.17) is 20.8 Å². The average molecular weight is 415 g/mol. The second kappa shape index (κ2) is 8.68. The maximum atomic E-state index is 12.5. The predicted octanol–water partition coefficient (Wildman–Crippen LogP) is 4.14. The molecule has 0 unspecified atom stereocenters. The van der Waals surface area contributed by atoms with Crippen LogP contribution in [0.15, 0.2) is 45.6 Å². The Balaban J connectivity index is 1.77. The number of halogens is 1. The van der Waals surface area contributed by atoms with Crippen LogP contribution in [0.25, 0.3) is 11.0 Å². The van der Waals surface area contributed by atoms with Gasteiger partial charge in [0, 0.05) is 23.0 Å². The van der Waals surface area contributed by atoms with Gasteiger partial charge in [-0.15, -0.1) is 0 Å². The molecule has 0 saturated carbocycles. The van der Waals surface area contributed by atoms with Gasteiger partial charge in [0.25, 0.3) is 0 Å². The second-order valence-electron chi connectivity index (χ2n) is 7.04. The molecule has 1 N–H and O–H groups in total. The number of aryl methyl sites for hydroxylation is 2. The number of hydrogen-bond donors (Lipinski definition) is 1. The number of carbonyl (C=O) groups is 1. The average Bonchev–Trinajstić information content (AvgIpc) is 2.65. The van der Waals surface area contributed by atoms with E-state index >= 15 is 0 Å². The number of methoxy groups -OCH3 is 1. The highest BCUT2D eigenvalue weighted by Gasteiger charge is 2.14. The molecular formula is C22H23ClN2O4. The number of amides is 1. The van der Waals surface area contributed by atoms with E-state index in [1.54, 1.807) is 18.2 Å². The highest BCUT2D eigenvalue weighted by atomic mass is 35.5.